The molecule has 1 aromatic heterocycles. The summed E-state index contributed by atoms with van der Waals surface area (Å²) in [6, 6.07) is 8.30. The first-order chi connectivity index (χ1) is 9.20. The van der Waals surface area contributed by atoms with Crippen LogP contribution in [0.2, 0.25) is 0 Å². The molecule has 0 amide bonds. The van der Waals surface area contributed by atoms with Crippen molar-refractivity contribution in [2.24, 2.45) is 0 Å². The van der Waals surface area contributed by atoms with E-state index >= 15 is 0 Å². The Bertz CT molecular complexity index is 557. The van der Waals surface area contributed by atoms with E-state index in [2.05, 4.69) is 29.0 Å². The molecule has 2 rings (SSSR count). The SMILES string of the molecule is CCOc1ccc2c(ccn2CCCCC(C)=O)c1. The van der Waals surface area contributed by atoms with Gasteiger partial charge in [-0.25, -0.2) is 0 Å². The number of carbonyl (C=O) groups is 1. The summed E-state index contributed by atoms with van der Waals surface area (Å²) >= 11 is 0. The predicted molar refractivity (Wildman–Crippen MR) is 77.6 cm³/mol. The maximum absolute atomic E-state index is 10.9. The first-order valence-corrected chi connectivity index (χ1v) is 6.92. The van der Waals surface area contributed by atoms with E-state index in [1.807, 2.05) is 13.0 Å². The molecule has 0 aliphatic heterocycles. The lowest BCUT2D eigenvalue weighted by Crippen LogP contribution is -1.98. The zero-order valence-electron chi connectivity index (χ0n) is 11.7. The van der Waals surface area contributed by atoms with Crippen LogP contribution in [0, 0.1) is 0 Å². The highest BCUT2D eigenvalue weighted by Gasteiger charge is 2.03. The van der Waals surface area contributed by atoms with Crippen molar-refractivity contribution in [3.8, 4) is 5.75 Å². The van der Waals surface area contributed by atoms with Gasteiger partial charge in [-0.1, -0.05) is 0 Å². The molecule has 19 heavy (non-hydrogen) atoms. The second-order valence-corrected chi connectivity index (χ2v) is 4.82. The van der Waals surface area contributed by atoms with Crippen molar-refractivity contribution in [3.05, 3.63) is 30.5 Å². The van der Waals surface area contributed by atoms with E-state index in [1.165, 1.54) is 10.9 Å². The Morgan fingerprint density at radius 1 is 1.26 bits per heavy atom. The third-order valence-corrected chi connectivity index (χ3v) is 3.23. The van der Waals surface area contributed by atoms with Crippen LogP contribution in [0.1, 0.15) is 33.1 Å². The zero-order valence-corrected chi connectivity index (χ0v) is 11.7. The van der Waals surface area contributed by atoms with Crippen LogP contribution in [0.4, 0.5) is 0 Å². The maximum atomic E-state index is 10.9. The molecule has 0 aliphatic carbocycles. The Morgan fingerprint density at radius 2 is 2.11 bits per heavy atom. The van der Waals surface area contributed by atoms with Gasteiger partial charge < -0.3 is 14.1 Å². The number of fused-ring (bicyclic) bond motifs is 1. The van der Waals surface area contributed by atoms with E-state index in [9.17, 15) is 4.79 Å². The highest BCUT2D eigenvalue weighted by Crippen LogP contribution is 2.22. The van der Waals surface area contributed by atoms with Gasteiger partial charge in [0.2, 0.25) is 0 Å². The number of benzene rings is 1. The lowest BCUT2D eigenvalue weighted by Gasteiger charge is -2.06. The number of Topliss-reactive ketones (excluding diaryl/α,β-unsaturated/α-hetero) is 1. The number of carbonyl (C=O) groups excluding carboxylic acids is 1. The predicted octanol–water partition coefficient (Wildman–Crippen LogP) is 3.80. The summed E-state index contributed by atoms with van der Waals surface area (Å²) < 4.78 is 7.74. The van der Waals surface area contributed by atoms with Crippen molar-refractivity contribution in [3.63, 3.8) is 0 Å². The van der Waals surface area contributed by atoms with E-state index < -0.39 is 0 Å². The largest absolute Gasteiger partial charge is 0.494 e. The molecular weight excluding hydrogens is 238 g/mol. The average molecular weight is 259 g/mol. The highest BCUT2D eigenvalue weighted by molar-refractivity contribution is 5.81. The molecule has 0 spiro atoms. The molecule has 102 valence electrons. The van der Waals surface area contributed by atoms with E-state index in [0.29, 0.717) is 13.0 Å². The minimum atomic E-state index is 0.277. The average Bonchev–Trinajstić information content (AvgIpc) is 2.77. The van der Waals surface area contributed by atoms with Gasteiger partial charge in [-0.15, -0.1) is 0 Å². The fourth-order valence-electron chi connectivity index (χ4n) is 2.29. The van der Waals surface area contributed by atoms with Crippen LogP contribution in [0.5, 0.6) is 5.75 Å². The molecule has 0 fully saturated rings. The van der Waals surface area contributed by atoms with Crippen molar-refractivity contribution < 1.29 is 9.53 Å². The Labute approximate surface area is 114 Å². The first kappa shape index (κ1) is 13.7. The number of hydrogen-bond acceptors (Lipinski definition) is 2. The van der Waals surface area contributed by atoms with Gasteiger partial charge >= 0.3 is 0 Å². The van der Waals surface area contributed by atoms with Crippen molar-refractivity contribution in [2.45, 2.75) is 39.7 Å². The molecular formula is C16H21NO2. The second-order valence-electron chi connectivity index (χ2n) is 4.82. The Balaban J connectivity index is 2.02. The van der Waals surface area contributed by atoms with Crippen molar-refractivity contribution in [1.29, 1.82) is 0 Å². The molecule has 0 atom stereocenters. The topological polar surface area (TPSA) is 31.2 Å². The van der Waals surface area contributed by atoms with Gasteiger partial charge in [-0.05, 0) is 51.0 Å². The third kappa shape index (κ3) is 3.60. The fraction of sp³-hybridized carbons (Fsp3) is 0.438. The van der Waals surface area contributed by atoms with Gasteiger partial charge in [0, 0.05) is 30.1 Å². The molecule has 0 aliphatic rings. The zero-order chi connectivity index (χ0) is 13.7. The lowest BCUT2D eigenvalue weighted by atomic mass is 10.2. The molecule has 3 heteroatoms. The molecule has 1 heterocycles. The number of hydrogen-bond donors (Lipinski definition) is 0. The Hall–Kier alpha value is -1.77. The monoisotopic (exact) mass is 259 g/mol. The van der Waals surface area contributed by atoms with E-state index in [4.69, 9.17) is 4.74 Å². The smallest absolute Gasteiger partial charge is 0.129 e. The number of ether oxygens (including phenoxy) is 1. The third-order valence-electron chi connectivity index (χ3n) is 3.23. The Kier molecular flexibility index (Phi) is 4.61. The number of ketones is 1. The molecule has 0 unspecified atom stereocenters. The fourth-order valence-corrected chi connectivity index (χ4v) is 2.29. The molecule has 1 aromatic carbocycles. The quantitative estimate of drug-likeness (QED) is 0.708. The van der Waals surface area contributed by atoms with Gasteiger partial charge in [0.05, 0.1) is 6.61 Å². The van der Waals surface area contributed by atoms with E-state index in [0.717, 1.165) is 25.1 Å². The molecule has 0 saturated carbocycles. The van der Waals surface area contributed by atoms with Gasteiger partial charge in [0.25, 0.3) is 0 Å². The second kappa shape index (κ2) is 6.41. The van der Waals surface area contributed by atoms with Crippen LogP contribution in [0.25, 0.3) is 10.9 Å². The maximum Gasteiger partial charge on any atom is 0.129 e. The molecule has 3 nitrogen and oxygen atoms in total. The van der Waals surface area contributed by atoms with Gasteiger partial charge in [-0.3, -0.25) is 0 Å². The van der Waals surface area contributed by atoms with Gasteiger partial charge in [0.15, 0.2) is 0 Å². The number of rotatable bonds is 7. The summed E-state index contributed by atoms with van der Waals surface area (Å²) in [5.41, 5.74) is 1.23. The summed E-state index contributed by atoms with van der Waals surface area (Å²) in [6.07, 6.45) is 4.80. The number of aromatic nitrogens is 1. The Morgan fingerprint density at radius 3 is 2.84 bits per heavy atom. The van der Waals surface area contributed by atoms with Crippen LogP contribution in [-0.4, -0.2) is 17.0 Å². The summed E-state index contributed by atoms with van der Waals surface area (Å²) in [4.78, 5) is 10.9. The van der Waals surface area contributed by atoms with Crippen molar-refractivity contribution >= 4 is 16.7 Å². The van der Waals surface area contributed by atoms with E-state index in [-0.39, 0.29) is 5.78 Å². The molecule has 0 radical (unpaired) electrons. The molecule has 0 saturated heterocycles. The lowest BCUT2D eigenvalue weighted by molar-refractivity contribution is -0.117. The van der Waals surface area contributed by atoms with Crippen LogP contribution >= 0.6 is 0 Å². The van der Waals surface area contributed by atoms with E-state index in [1.54, 1.807) is 6.92 Å². The van der Waals surface area contributed by atoms with Crippen LogP contribution < -0.4 is 4.74 Å². The van der Waals surface area contributed by atoms with Gasteiger partial charge in [0.1, 0.15) is 11.5 Å². The standard InChI is InChI=1S/C16H21NO2/c1-3-19-15-7-8-16-14(12-15)9-11-17(16)10-5-4-6-13(2)18/h7-9,11-12H,3-6,10H2,1-2H3. The van der Waals surface area contributed by atoms with Crippen LogP contribution in [0.3, 0.4) is 0 Å². The number of nitrogens with zero attached hydrogens (tertiary/aromatic N) is 1. The van der Waals surface area contributed by atoms with Crippen molar-refractivity contribution in [2.75, 3.05) is 6.61 Å². The minimum Gasteiger partial charge on any atom is -0.494 e. The number of aryl methyl sites for hydroxylation is 1. The van der Waals surface area contributed by atoms with Crippen LogP contribution in [-0.2, 0) is 11.3 Å². The minimum absolute atomic E-state index is 0.277. The number of unbranched alkanes of at least 4 members (excludes halogenated alkanes) is 1. The molecule has 0 bridgehead atoms. The summed E-state index contributed by atoms with van der Waals surface area (Å²) in [6.45, 7) is 5.30. The van der Waals surface area contributed by atoms with Gasteiger partial charge in [-0.2, -0.15) is 0 Å². The summed E-state index contributed by atoms with van der Waals surface area (Å²) in [7, 11) is 0. The van der Waals surface area contributed by atoms with Crippen LogP contribution in [0.15, 0.2) is 30.5 Å². The molecule has 0 N–H and O–H groups in total. The summed E-state index contributed by atoms with van der Waals surface area (Å²) in [5.74, 6) is 1.20. The summed E-state index contributed by atoms with van der Waals surface area (Å²) in [5, 5.41) is 1.21. The normalized spacial score (nSPS) is 10.8. The first-order valence-electron chi connectivity index (χ1n) is 6.92. The molecule has 2 aromatic rings. The van der Waals surface area contributed by atoms with Crippen molar-refractivity contribution in [1.82, 2.24) is 4.57 Å². The highest BCUT2D eigenvalue weighted by atomic mass is 16.5.